The quantitative estimate of drug-likeness (QED) is 0.728. The summed E-state index contributed by atoms with van der Waals surface area (Å²) in [6, 6.07) is 2.03. The Labute approximate surface area is 104 Å². The number of hydrogen-bond acceptors (Lipinski definition) is 5. The Morgan fingerprint density at radius 3 is 2.83 bits per heavy atom. The molecular formula is C12H12N6. The molecule has 3 rings (SSSR count). The molecule has 18 heavy (non-hydrogen) atoms. The summed E-state index contributed by atoms with van der Waals surface area (Å²) in [5.74, 6) is 0.813. The van der Waals surface area contributed by atoms with E-state index in [1.807, 2.05) is 13.0 Å². The van der Waals surface area contributed by atoms with Crippen LogP contribution in [0.1, 0.15) is 11.3 Å². The molecule has 0 aliphatic carbocycles. The highest BCUT2D eigenvalue weighted by Crippen LogP contribution is 2.20. The first-order valence-corrected chi connectivity index (χ1v) is 5.61. The molecule has 2 N–H and O–H groups in total. The van der Waals surface area contributed by atoms with Crippen molar-refractivity contribution in [3.63, 3.8) is 0 Å². The fourth-order valence-electron chi connectivity index (χ4n) is 1.82. The van der Waals surface area contributed by atoms with Gasteiger partial charge in [0.15, 0.2) is 0 Å². The first-order valence-electron chi connectivity index (χ1n) is 5.61. The second-order valence-electron chi connectivity index (χ2n) is 4.04. The summed E-state index contributed by atoms with van der Waals surface area (Å²) in [4.78, 5) is 19.6. The van der Waals surface area contributed by atoms with Gasteiger partial charge in [-0.25, -0.2) is 19.9 Å². The molecule has 0 saturated carbocycles. The topological polar surface area (TPSA) is 79.4 Å². The summed E-state index contributed by atoms with van der Waals surface area (Å²) in [6.07, 6.45) is 6.62. The van der Waals surface area contributed by atoms with Crippen LogP contribution < -0.4 is 5.32 Å². The van der Waals surface area contributed by atoms with Gasteiger partial charge in [-0.1, -0.05) is 0 Å². The van der Waals surface area contributed by atoms with Crippen LogP contribution in [0.25, 0.3) is 11.0 Å². The number of anilines is 1. The van der Waals surface area contributed by atoms with Gasteiger partial charge in [0.1, 0.15) is 24.1 Å². The molecule has 0 unspecified atom stereocenters. The highest BCUT2D eigenvalue weighted by Gasteiger charge is 2.05. The molecule has 0 bridgehead atoms. The Bertz CT molecular complexity index is 661. The third-order valence-electron chi connectivity index (χ3n) is 2.63. The van der Waals surface area contributed by atoms with Crippen molar-refractivity contribution < 1.29 is 0 Å². The molecule has 6 nitrogen and oxygen atoms in total. The zero-order chi connectivity index (χ0) is 12.4. The maximum absolute atomic E-state index is 4.25. The van der Waals surface area contributed by atoms with Crippen LogP contribution in [0.15, 0.2) is 31.1 Å². The molecule has 90 valence electrons. The normalized spacial score (nSPS) is 10.7. The second-order valence-corrected chi connectivity index (χ2v) is 4.04. The minimum Gasteiger partial charge on any atom is -0.365 e. The number of rotatable bonds is 3. The van der Waals surface area contributed by atoms with E-state index in [0.29, 0.717) is 6.54 Å². The molecule has 0 atom stereocenters. The average molecular weight is 240 g/mol. The summed E-state index contributed by atoms with van der Waals surface area (Å²) >= 11 is 0. The third-order valence-corrected chi connectivity index (χ3v) is 2.63. The van der Waals surface area contributed by atoms with Crippen LogP contribution in [0.5, 0.6) is 0 Å². The summed E-state index contributed by atoms with van der Waals surface area (Å²) < 4.78 is 0. The van der Waals surface area contributed by atoms with Gasteiger partial charge >= 0.3 is 0 Å². The Balaban J connectivity index is 1.86. The van der Waals surface area contributed by atoms with Gasteiger partial charge in [-0.2, -0.15) is 0 Å². The lowest BCUT2D eigenvalue weighted by Gasteiger charge is -2.05. The monoisotopic (exact) mass is 240 g/mol. The van der Waals surface area contributed by atoms with Gasteiger partial charge in [0, 0.05) is 30.2 Å². The molecule has 0 spiro atoms. The molecule has 0 amide bonds. The zero-order valence-corrected chi connectivity index (χ0v) is 9.88. The van der Waals surface area contributed by atoms with E-state index < -0.39 is 0 Å². The molecule has 0 aliphatic rings. The predicted molar refractivity (Wildman–Crippen MR) is 68.0 cm³/mol. The van der Waals surface area contributed by atoms with Crippen LogP contribution in [0.4, 0.5) is 5.82 Å². The van der Waals surface area contributed by atoms with Crippen LogP contribution in [0.2, 0.25) is 0 Å². The number of fused-ring (bicyclic) bond motifs is 1. The fraction of sp³-hybridized carbons (Fsp3) is 0.167. The Morgan fingerprint density at radius 1 is 1.17 bits per heavy atom. The number of aromatic nitrogens is 5. The molecule has 0 aromatic carbocycles. The van der Waals surface area contributed by atoms with Crippen molar-refractivity contribution in [2.24, 2.45) is 0 Å². The second kappa shape index (κ2) is 4.40. The van der Waals surface area contributed by atoms with Gasteiger partial charge in [-0.3, -0.25) is 0 Å². The van der Waals surface area contributed by atoms with E-state index in [0.717, 1.165) is 28.1 Å². The minimum absolute atomic E-state index is 0.636. The lowest BCUT2D eigenvalue weighted by atomic mass is 10.3. The fourth-order valence-corrected chi connectivity index (χ4v) is 1.82. The van der Waals surface area contributed by atoms with Gasteiger partial charge in [-0.15, -0.1) is 0 Å². The standard InChI is InChI=1S/C12H12N6/c1-8-2-10-11(16-7-17-12(10)18-8)15-5-9-3-13-6-14-4-9/h2-4,6-7H,5H2,1H3,(H2,15,16,17,18). The number of aryl methyl sites for hydroxylation is 1. The van der Waals surface area contributed by atoms with E-state index in [9.17, 15) is 0 Å². The SMILES string of the molecule is Cc1cc2c(NCc3cncnc3)ncnc2[nH]1. The van der Waals surface area contributed by atoms with Crippen molar-refractivity contribution in [2.75, 3.05) is 5.32 Å². The van der Waals surface area contributed by atoms with Gasteiger partial charge in [0.05, 0.1) is 5.39 Å². The Kier molecular flexibility index (Phi) is 2.60. The summed E-state index contributed by atoms with van der Waals surface area (Å²) in [6.45, 7) is 2.63. The van der Waals surface area contributed by atoms with Crippen molar-refractivity contribution in [2.45, 2.75) is 13.5 Å². The number of H-pyrrole nitrogens is 1. The summed E-state index contributed by atoms with van der Waals surface area (Å²) in [7, 11) is 0. The van der Waals surface area contributed by atoms with Crippen molar-refractivity contribution in [3.05, 3.63) is 42.4 Å². The number of nitrogens with one attached hydrogen (secondary N) is 2. The van der Waals surface area contributed by atoms with Crippen molar-refractivity contribution in [1.82, 2.24) is 24.9 Å². The Morgan fingerprint density at radius 2 is 2.00 bits per heavy atom. The summed E-state index contributed by atoms with van der Waals surface area (Å²) in [5, 5.41) is 4.26. The number of hydrogen-bond donors (Lipinski definition) is 2. The first kappa shape index (κ1) is 10.6. The average Bonchev–Trinajstić information content (AvgIpc) is 2.78. The van der Waals surface area contributed by atoms with E-state index in [1.54, 1.807) is 18.7 Å². The van der Waals surface area contributed by atoms with Gasteiger partial charge in [-0.05, 0) is 13.0 Å². The molecule has 6 heteroatoms. The van der Waals surface area contributed by atoms with Crippen LogP contribution >= 0.6 is 0 Å². The molecular weight excluding hydrogens is 228 g/mol. The predicted octanol–water partition coefficient (Wildman–Crippen LogP) is 1.67. The number of aromatic amines is 1. The molecule has 3 heterocycles. The van der Waals surface area contributed by atoms with Crippen molar-refractivity contribution in [3.8, 4) is 0 Å². The van der Waals surface area contributed by atoms with Gasteiger partial charge < -0.3 is 10.3 Å². The molecule has 3 aromatic heterocycles. The van der Waals surface area contributed by atoms with Gasteiger partial charge in [0.25, 0.3) is 0 Å². The smallest absolute Gasteiger partial charge is 0.143 e. The maximum Gasteiger partial charge on any atom is 0.143 e. The maximum atomic E-state index is 4.25. The van der Waals surface area contributed by atoms with Crippen LogP contribution in [0.3, 0.4) is 0 Å². The van der Waals surface area contributed by atoms with Crippen LogP contribution in [0, 0.1) is 6.92 Å². The molecule has 0 radical (unpaired) electrons. The van der Waals surface area contributed by atoms with E-state index in [1.165, 1.54) is 6.33 Å². The largest absolute Gasteiger partial charge is 0.365 e. The summed E-state index contributed by atoms with van der Waals surface area (Å²) in [5.41, 5.74) is 2.92. The molecule has 3 aromatic rings. The highest BCUT2D eigenvalue weighted by atomic mass is 15.0. The zero-order valence-electron chi connectivity index (χ0n) is 9.88. The van der Waals surface area contributed by atoms with Gasteiger partial charge in [0.2, 0.25) is 0 Å². The lowest BCUT2D eigenvalue weighted by molar-refractivity contribution is 1.04. The van der Waals surface area contributed by atoms with Crippen LogP contribution in [-0.4, -0.2) is 24.9 Å². The minimum atomic E-state index is 0.636. The van der Waals surface area contributed by atoms with Crippen molar-refractivity contribution >= 4 is 16.9 Å². The highest BCUT2D eigenvalue weighted by molar-refractivity contribution is 5.87. The lowest BCUT2D eigenvalue weighted by Crippen LogP contribution is -2.02. The number of nitrogens with zero attached hydrogens (tertiary/aromatic N) is 4. The van der Waals surface area contributed by atoms with E-state index in [2.05, 4.69) is 30.2 Å². The van der Waals surface area contributed by atoms with E-state index in [-0.39, 0.29) is 0 Å². The molecule has 0 saturated heterocycles. The first-order chi connectivity index (χ1) is 8.83. The Hall–Kier alpha value is -2.50. The molecule has 0 aliphatic heterocycles. The molecule has 0 fully saturated rings. The van der Waals surface area contributed by atoms with Crippen molar-refractivity contribution in [1.29, 1.82) is 0 Å². The van der Waals surface area contributed by atoms with E-state index >= 15 is 0 Å². The van der Waals surface area contributed by atoms with E-state index in [4.69, 9.17) is 0 Å². The van der Waals surface area contributed by atoms with Crippen LogP contribution in [-0.2, 0) is 6.54 Å². The third kappa shape index (κ3) is 2.00.